The predicted octanol–water partition coefficient (Wildman–Crippen LogP) is 22.3. The van der Waals surface area contributed by atoms with Gasteiger partial charge in [0.25, 0.3) is 0 Å². The van der Waals surface area contributed by atoms with Gasteiger partial charge in [-0.15, -0.1) is 22.7 Å². The second kappa shape index (κ2) is 22.2. The zero-order chi connectivity index (χ0) is 52.7. The first-order chi connectivity index (χ1) is 38.3. The molecule has 0 atom stereocenters. The molecule has 0 N–H and O–H groups in total. The van der Waals surface area contributed by atoms with Gasteiger partial charge in [0.05, 0.1) is 20.8 Å². The third kappa shape index (κ3) is 10.1. The van der Waals surface area contributed by atoms with Gasteiger partial charge >= 0.3 is 0 Å². The van der Waals surface area contributed by atoms with Gasteiger partial charge in [0.15, 0.2) is 0 Å². The second-order valence-electron chi connectivity index (χ2n) is 20.7. The van der Waals surface area contributed by atoms with Crippen molar-refractivity contribution in [3.05, 3.63) is 189 Å². The number of fused-ring (bicyclic) bond motifs is 16. The molecule has 0 aliphatic carbocycles. The van der Waals surface area contributed by atoms with E-state index in [1.165, 1.54) is 81.0 Å². The first-order valence-corrected chi connectivity index (χ1v) is 30.7. The Kier molecular flexibility index (Phi) is 14.5. The van der Waals surface area contributed by atoms with Crippen LogP contribution in [0.4, 0.5) is 0 Å². The summed E-state index contributed by atoms with van der Waals surface area (Å²) in [4.78, 5) is 2.45. The molecule has 0 spiro atoms. The summed E-state index contributed by atoms with van der Waals surface area (Å²) in [5.41, 5.74) is 8.94. The van der Waals surface area contributed by atoms with Crippen LogP contribution in [0.2, 0.25) is 0 Å². The maximum Gasteiger partial charge on any atom is 0.128 e. The van der Waals surface area contributed by atoms with Crippen molar-refractivity contribution >= 4 is 119 Å². The number of hydrogen-bond acceptors (Lipinski definition) is 6. The van der Waals surface area contributed by atoms with E-state index in [1.54, 1.807) is 22.7 Å². The fraction of sp³-hybridized carbons (Fsp3) is 0.200. The Labute approximate surface area is 480 Å². The standard InChI is InChI=1S/C70H58Br2O4S2/c1-3-5-7-9-31-73-55-21-15-43-39-59-47(35-53(43)37-55)19-25-61-69(59)70-60-40-44-16-22-56(74-32-10-8-6-4-2)38-54(44)36-48(60)20-26-62(70)76-42-52-14-12-46-34-50(64-28-30-66(72)78-64)18-24-58(46)68(52)67-51(41-75-61)13-11-45-33-49(17-23-57(45)67)63-27-29-65(71)77-63/h11-30,33-40H,3-10,31-32,41-42H2,1-2H3. The minimum atomic E-state index is 0.345. The zero-order valence-corrected chi connectivity index (χ0v) is 48.7. The topological polar surface area (TPSA) is 36.9 Å². The van der Waals surface area contributed by atoms with Crippen LogP contribution in [0.3, 0.4) is 0 Å². The van der Waals surface area contributed by atoms with E-state index in [0.717, 1.165) is 133 Å². The smallest absolute Gasteiger partial charge is 0.128 e. The number of thiophene rings is 2. The van der Waals surface area contributed by atoms with Crippen LogP contribution in [0.25, 0.3) is 108 Å². The van der Waals surface area contributed by atoms with Gasteiger partial charge in [0.1, 0.15) is 36.2 Å². The average molecular weight is 1190 g/mol. The van der Waals surface area contributed by atoms with E-state index in [0.29, 0.717) is 13.2 Å². The van der Waals surface area contributed by atoms with E-state index >= 15 is 0 Å². The van der Waals surface area contributed by atoms with Gasteiger partial charge in [-0.3, -0.25) is 0 Å². The zero-order valence-electron chi connectivity index (χ0n) is 43.9. The SMILES string of the molecule is CCCCCCOc1ccc2cc3c4c(ccc3cc2c1)OCc1ccc2cc(-c3ccc(Br)s3)ccc2c1-c1c(ccc2cc(-c3ccc(Br)s3)ccc12)COc1ccc2cc3cc(OCCCCCC)ccc3cc2c1-4. The molecule has 1 aliphatic heterocycles. The maximum atomic E-state index is 7.42. The van der Waals surface area contributed by atoms with Gasteiger partial charge in [0.2, 0.25) is 0 Å². The molecule has 0 saturated carbocycles. The Bertz CT molecular complexity index is 3980. The lowest BCUT2D eigenvalue weighted by Crippen LogP contribution is -2.06. The Morgan fingerprint density at radius 2 is 0.808 bits per heavy atom. The third-order valence-corrected chi connectivity index (χ3v) is 18.9. The molecular weight excluding hydrogens is 1130 g/mol. The Morgan fingerprint density at radius 1 is 0.372 bits per heavy atom. The molecule has 0 saturated heterocycles. The summed E-state index contributed by atoms with van der Waals surface area (Å²) < 4.78 is 29.7. The number of benzene rings is 10. The van der Waals surface area contributed by atoms with Gasteiger partial charge in [-0.2, -0.15) is 0 Å². The summed E-state index contributed by atoms with van der Waals surface area (Å²) >= 11 is 10.9. The summed E-state index contributed by atoms with van der Waals surface area (Å²) in [6, 6.07) is 62.7. The van der Waals surface area contributed by atoms with Crippen LogP contribution >= 0.6 is 54.5 Å². The molecule has 0 amide bonds. The van der Waals surface area contributed by atoms with Gasteiger partial charge in [-0.25, -0.2) is 0 Å². The Balaban J connectivity index is 1.01. The molecule has 0 fully saturated rings. The molecule has 78 heavy (non-hydrogen) atoms. The van der Waals surface area contributed by atoms with Crippen LogP contribution < -0.4 is 18.9 Å². The van der Waals surface area contributed by atoms with Gasteiger partial charge in [-0.05, 0) is 240 Å². The third-order valence-electron chi connectivity index (χ3n) is 15.5. The number of rotatable bonds is 14. The first-order valence-electron chi connectivity index (χ1n) is 27.5. The van der Waals surface area contributed by atoms with Crippen molar-refractivity contribution < 1.29 is 18.9 Å². The molecule has 0 radical (unpaired) electrons. The van der Waals surface area contributed by atoms with E-state index in [1.807, 2.05) is 0 Å². The molecule has 8 heteroatoms. The second-order valence-corrected chi connectivity index (χ2v) is 25.6. The number of unbranched alkanes of at least 4 members (excludes halogenated alkanes) is 6. The molecule has 0 unspecified atom stereocenters. The van der Waals surface area contributed by atoms with Gasteiger partial charge in [-0.1, -0.05) is 125 Å². The first kappa shape index (κ1) is 50.8. The lowest BCUT2D eigenvalue weighted by atomic mass is 9.86. The lowest BCUT2D eigenvalue weighted by molar-refractivity contribution is 0.302. The van der Waals surface area contributed by atoms with Crippen molar-refractivity contribution in [1.29, 1.82) is 0 Å². The summed E-state index contributed by atoms with van der Waals surface area (Å²) in [5.74, 6) is 3.41. The predicted molar refractivity (Wildman–Crippen MR) is 339 cm³/mol. The normalized spacial score (nSPS) is 12.5. The minimum absolute atomic E-state index is 0.345. The highest BCUT2D eigenvalue weighted by Crippen LogP contribution is 2.50. The van der Waals surface area contributed by atoms with Gasteiger partial charge < -0.3 is 18.9 Å². The van der Waals surface area contributed by atoms with Crippen LogP contribution in [0.1, 0.15) is 76.3 Å². The van der Waals surface area contributed by atoms with Crippen LogP contribution in [0, 0.1) is 0 Å². The molecule has 1 aliphatic rings. The maximum absolute atomic E-state index is 7.42. The van der Waals surface area contributed by atoms with E-state index < -0.39 is 0 Å². The molecule has 388 valence electrons. The molecule has 0 bridgehead atoms. The van der Waals surface area contributed by atoms with Crippen LogP contribution in [0.5, 0.6) is 23.0 Å². The quantitative estimate of drug-likeness (QED) is 0.0803. The molecule has 4 nitrogen and oxygen atoms in total. The molecule has 2 aromatic heterocycles. The van der Waals surface area contributed by atoms with Crippen molar-refractivity contribution in [2.45, 2.75) is 78.4 Å². The van der Waals surface area contributed by atoms with Crippen molar-refractivity contribution in [2.75, 3.05) is 13.2 Å². The van der Waals surface area contributed by atoms with Crippen molar-refractivity contribution in [3.8, 4) is 66.1 Å². The van der Waals surface area contributed by atoms with Crippen molar-refractivity contribution in [2.24, 2.45) is 0 Å². The highest BCUT2D eigenvalue weighted by atomic mass is 79.9. The number of ether oxygens (including phenoxy) is 4. The molecule has 3 heterocycles. The Morgan fingerprint density at radius 3 is 1.24 bits per heavy atom. The van der Waals surface area contributed by atoms with Crippen LogP contribution in [-0.4, -0.2) is 13.2 Å². The minimum Gasteiger partial charge on any atom is -0.494 e. The number of hydrogen-bond donors (Lipinski definition) is 0. The summed E-state index contributed by atoms with van der Waals surface area (Å²) in [5, 5.41) is 13.7. The van der Waals surface area contributed by atoms with Crippen LogP contribution in [0.15, 0.2) is 177 Å². The molecule has 10 aromatic carbocycles. The van der Waals surface area contributed by atoms with E-state index in [2.05, 4.69) is 216 Å². The van der Waals surface area contributed by atoms with Crippen molar-refractivity contribution in [1.82, 2.24) is 0 Å². The summed E-state index contributed by atoms with van der Waals surface area (Å²) in [6.07, 6.45) is 9.36. The molecule has 12 aromatic rings. The lowest BCUT2D eigenvalue weighted by Gasteiger charge is -2.24. The van der Waals surface area contributed by atoms with Crippen LogP contribution in [-0.2, 0) is 13.2 Å². The monoisotopic (exact) mass is 1180 g/mol. The number of halogens is 2. The van der Waals surface area contributed by atoms with Gasteiger partial charge in [0, 0.05) is 20.9 Å². The molecular formula is C70H58Br2O4S2. The average Bonchev–Trinajstić information content (AvgIpc) is 4.24. The van der Waals surface area contributed by atoms with E-state index in [-0.39, 0.29) is 0 Å². The Hall–Kier alpha value is -6.68. The largest absolute Gasteiger partial charge is 0.494 e. The highest BCUT2D eigenvalue weighted by Gasteiger charge is 2.25. The fourth-order valence-corrected chi connectivity index (χ4v) is 14.3. The molecule has 13 rings (SSSR count). The van der Waals surface area contributed by atoms with E-state index in [9.17, 15) is 0 Å². The van der Waals surface area contributed by atoms with Crippen molar-refractivity contribution in [3.63, 3.8) is 0 Å². The highest BCUT2D eigenvalue weighted by molar-refractivity contribution is 9.11. The summed E-state index contributed by atoms with van der Waals surface area (Å²) in [6.45, 7) is 6.62. The van der Waals surface area contributed by atoms with E-state index in [4.69, 9.17) is 18.9 Å². The fourth-order valence-electron chi connectivity index (χ4n) is 11.6. The summed E-state index contributed by atoms with van der Waals surface area (Å²) in [7, 11) is 0.